The Morgan fingerprint density at radius 1 is 0.811 bits per heavy atom. The summed E-state index contributed by atoms with van der Waals surface area (Å²) in [5.74, 6) is -0.608. The first-order chi connectivity index (χ1) is 17.7. The van der Waals surface area contributed by atoms with Crippen molar-refractivity contribution < 1.29 is 22.0 Å². The first kappa shape index (κ1) is 27.9. The number of halogens is 5. The van der Waals surface area contributed by atoms with Gasteiger partial charge in [-0.15, -0.1) is 0 Å². The van der Waals surface area contributed by atoms with E-state index >= 15 is 4.39 Å². The molecule has 2 saturated carbocycles. The van der Waals surface area contributed by atoms with Crippen LogP contribution in [0, 0.1) is 23.6 Å². The van der Waals surface area contributed by atoms with E-state index in [9.17, 15) is 17.6 Å². The van der Waals surface area contributed by atoms with Crippen molar-refractivity contribution in [3.63, 3.8) is 0 Å². The van der Waals surface area contributed by atoms with Gasteiger partial charge >= 0.3 is 6.18 Å². The number of benzene rings is 2. The van der Waals surface area contributed by atoms with E-state index in [-0.39, 0.29) is 17.8 Å². The van der Waals surface area contributed by atoms with Crippen molar-refractivity contribution >= 4 is 0 Å². The van der Waals surface area contributed by atoms with Gasteiger partial charge in [0, 0.05) is 5.92 Å². The van der Waals surface area contributed by atoms with Crippen molar-refractivity contribution in [1.29, 1.82) is 0 Å². The average molecular weight is 519 g/mol. The van der Waals surface area contributed by atoms with Gasteiger partial charge < -0.3 is 0 Å². The van der Waals surface area contributed by atoms with Crippen molar-refractivity contribution in [3.05, 3.63) is 71.3 Å². The van der Waals surface area contributed by atoms with Crippen LogP contribution < -0.4 is 0 Å². The fourth-order valence-electron chi connectivity index (χ4n) is 6.52. The lowest BCUT2D eigenvalue weighted by atomic mass is 9.68. The van der Waals surface area contributed by atoms with Crippen molar-refractivity contribution in [2.24, 2.45) is 17.8 Å². The van der Waals surface area contributed by atoms with Crippen molar-refractivity contribution in [2.45, 2.75) is 96.1 Å². The highest BCUT2D eigenvalue weighted by Crippen LogP contribution is 2.46. The molecule has 2 aromatic carbocycles. The zero-order valence-electron chi connectivity index (χ0n) is 21.8. The maximum Gasteiger partial charge on any atom is 0.412 e. The number of hydrogen-bond acceptors (Lipinski definition) is 0. The van der Waals surface area contributed by atoms with Crippen LogP contribution in [0.5, 0.6) is 0 Å². The smallest absolute Gasteiger partial charge is 0.212 e. The molecule has 0 nitrogen and oxygen atoms in total. The van der Waals surface area contributed by atoms with Crippen LogP contribution in [0.2, 0.25) is 0 Å². The topological polar surface area (TPSA) is 0 Å². The fraction of sp³-hybridized carbons (Fsp3) is 0.562. The van der Waals surface area contributed by atoms with Crippen molar-refractivity contribution in [3.8, 4) is 11.1 Å². The molecule has 0 amide bonds. The normalized spacial score (nSPS) is 25.3. The second-order valence-corrected chi connectivity index (χ2v) is 11.2. The Kier molecular flexibility index (Phi) is 9.47. The monoisotopic (exact) mass is 518 g/mol. The van der Waals surface area contributed by atoms with Gasteiger partial charge in [-0.2, -0.15) is 13.2 Å². The molecule has 0 N–H and O–H groups in total. The van der Waals surface area contributed by atoms with E-state index in [1.54, 1.807) is 6.07 Å². The summed E-state index contributed by atoms with van der Waals surface area (Å²) < 4.78 is 66.5. The first-order valence-electron chi connectivity index (χ1n) is 14.1. The minimum absolute atomic E-state index is 0.139. The van der Waals surface area contributed by atoms with E-state index < -0.39 is 17.9 Å². The maximum atomic E-state index is 15.2. The van der Waals surface area contributed by atoms with E-state index in [2.05, 4.69) is 31.2 Å². The molecular weight excluding hydrogens is 479 g/mol. The van der Waals surface area contributed by atoms with Gasteiger partial charge in [0.25, 0.3) is 0 Å². The van der Waals surface area contributed by atoms with Gasteiger partial charge in [-0.25, -0.2) is 8.78 Å². The highest BCUT2D eigenvalue weighted by Gasteiger charge is 2.34. The SMILES string of the molecule is CCCCCc1ccc(-c2ccc(C3CCC(C4CCC(/C(F)=C/C(F)(F)F)CC4)CC3)c(F)c2)cc1. The van der Waals surface area contributed by atoms with E-state index in [1.165, 1.54) is 24.8 Å². The van der Waals surface area contributed by atoms with Crippen LogP contribution in [-0.4, -0.2) is 6.18 Å². The third-order valence-corrected chi connectivity index (χ3v) is 8.70. The summed E-state index contributed by atoms with van der Waals surface area (Å²) in [4.78, 5) is 0. The molecule has 202 valence electrons. The summed E-state index contributed by atoms with van der Waals surface area (Å²) in [5, 5.41) is 0. The number of allylic oxidation sites excluding steroid dienone is 2. The van der Waals surface area contributed by atoms with Crippen LogP contribution >= 0.6 is 0 Å². The zero-order valence-corrected chi connectivity index (χ0v) is 21.8. The van der Waals surface area contributed by atoms with Crippen molar-refractivity contribution in [2.75, 3.05) is 0 Å². The highest BCUT2D eigenvalue weighted by molar-refractivity contribution is 5.64. The number of alkyl halides is 3. The van der Waals surface area contributed by atoms with Gasteiger partial charge in [0.05, 0.1) is 6.08 Å². The molecular formula is C32H39F5. The van der Waals surface area contributed by atoms with Crippen LogP contribution in [0.3, 0.4) is 0 Å². The molecule has 5 heteroatoms. The van der Waals surface area contributed by atoms with Crippen LogP contribution in [0.4, 0.5) is 22.0 Å². The highest BCUT2D eigenvalue weighted by atomic mass is 19.4. The Morgan fingerprint density at radius 3 is 1.97 bits per heavy atom. The standard InChI is InChI=1S/C32H39F5/c1-2-3-4-5-22-6-8-25(9-7-22)28-18-19-29(30(33)20-28)26-14-10-23(11-15-26)24-12-16-27(17-13-24)31(34)21-32(35,36)37/h6-9,18-21,23-24,26-27H,2-5,10-17H2,1H3/b31-21-. The number of aryl methyl sites for hydroxylation is 1. The van der Waals surface area contributed by atoms with Crippen LogP contribution in [0.25, 0.3) is 11.1 Å². The molecule has 2 aliphatic carbocycles. The summed E-state index contributed by atoms with van der Waals surface area (Å²) in [7, 11) is 0. The Morgan fingerprint density at radius 2 is 1.41 bits per heavy atom. The minimum Gasteiger partial charge on any atom is -0.212 e. The van der Waals surface area contributed by atoms with Crippen LogP contribution in [0.15, 0.2) is 54.4 Å². The summed E-state index contributed by atoms with van der Waals surface area (Å²) in [6.45, 7) is 2.20. The summed E-state index contributed by atoms with van der Waals surface area (Å²) in [6, 6.07) is 14.1. The molecule has 0 unspecified atom stereocenters. The predicted molar refractivity (Wildman–Crippen MR) is 140 cm³/mol. The maximum absolute atomic E-state index is 15.2. The van der Waals surface area contributed by atoms with Gasteiger partial charge in [0.1, 0.15) is 11.6 Å². The largest absolute Gasteiger partial charge is 0.412 e. The lowest BCUT2D eigenvalue weighted by Crippen LogP contribution is -2.26. The molecule has 4 rings (SSSR count). The molecule has 0 heterocycles. The molecule has 0 aromatic heterocycles. The molecule has 2 aromatic rings. The average Bonchev–Trinajstić information content (AvgIpc) is 2.88. The van der Waals surface area contributed by atoms with Gasteiger partial charge in [-0.05, 0) is 110 Å². The Hall–Kier alpha value is -2.17. The number of hydrogen-bond donors (Lipinski definition) is 0. The van der Waals surface area contributed by atoms with E-state index in [1.807, 2.05) is 12.1 Å². The molecule has 37 heavy (non-hydrogen) atoms. The molecule has 0 radical (unpaired) electrons. The number of unbranched alkanes of at least 4 members (excludes halogenated alkanes) is 2. The Bertz CT molecular complexity index is 1020. The summed E-state index contributed by atoms with van der Waals surface area (Å²) in [6.07, 6.45) is 6.33. The molecule has 2 aliphatic rings. The third-order valence-electron chi connectivity index (χ3n) is 8.70. The summed E-state index contributed by atoms with van der Waals surface area (Å²) in [5.41, 5.74) is 4.05. The number of rotatable bonds is 8. The minimum atomic E-state index is -4.59. The second kappa shape index (κ2) is 12.6. The Balaban J connectivity index is 1.29. The van der Waals surface area contributed by atoms with Crippen molar-refractivity contribution in [1.82, 2.24) is 0 Å². The molecule has 0 spiro atoms. The lowest BCUT2D eigenvalue weighted by molar-refractivity contribution is -0.0821. The second-order valence-electron chi connectivity index (χ2n) is 11.2. The molecule has 0 atom stereocenters. The van der Waals surface area contributed by atoms with Crippen LogP contribution in [-0.2, 0) is 6.42 Å². The van der Waals surface area contributed by atoms with E-state index in [4.69, 9.17) is 0 Å². The van der Waals surface area contributed by atoms with Crippen LogP contribution in [0.1, 0.15) is 94.6 Å². The molecule has 0 bridgehead atoms. The fourth-order valence-corrected chi connectivity index (χ4v) is 6.52. The van der Waals surface area contributed by atoms with Gasteiger partial charge in [0.15, 0.2) is 0 Å². The lowest BCUT2D eigenvalue weighted by Gasteiger charge is -2.37. The molecule has 0 saturated heterocycles. The zero-order chi connectivity index (χ0) is 26.4. The Labute approximate surface area is 218 Å². The quantitative estimate of drug-likeness (QED) is 0.241. The third kappa shape index (κ3) is 7.67. The first-order valence-corrected chi connectivity index (χ1v) is 14.1. The van der Waals surface area contributed by atoms with Gasteiger partial charge in [-0.1, -0.05) is 56.2 Å². The van der Waals surface area contributed by atoms with E-state index in [0.717, 1.165) is 61.6 Å². The van der Waals surface area contributed by atoms with E-state index in [0.29, 0.717) is 24.7 Å². The molecule has 0 aliphatic heterocycles. The van der Waals surface area contributed by atoms with Gasteiger partial charge in [-0.3, -0.25) is 0 Å². The predicted octanol–water partition coefficient (Wildman–Crippen LogP) is 10.7. The summed E-state index contributed by atoms with van der Waals surface area (Å²) >= 11 is 0. The van der Waals surface area contributed by atoms with Gasteiger partial charge in [0.2, 0.25) is 0 Å². The molecule has 2 fully saturated rings.